The Hall–Kier alpha value is -1.15. The maximum absolute atomic E-state index is 12.2. The van der Waals surface area contributed by atoms with Gasteiger partial charge in [-0.2, -0.15) is 0 Å². The fourth-order valence-corrected chi connectivity index (χ4v) is 4.39. The number of ether oxygens (including phenoxy) is 1. The molecule has 2 aliphatic rings. The second-order valence-corrected chi connectivity index (χ2v) is 8.54. The Morgan fingerprint density at radius 3 is 2.48 bits per heavy atom. The molecule has 0 radical (unpaired) electrons. The van der Waals surface area contributed by atoms with Gasteiger partial charge in [0.1, 0.15) is 0 Å². The third-order valence-electron chi connectivity index (χ3n) is 4.57. The quantitative estimate of drug-likeness (QED) is 0.654. The van der Waals surface area contributed by atoms with Crippen LogP contribution in [0.3, 0.4) is 0 Å². The molecule has 0 N–H and O–H groups in total. The van der Waals surface area contributed by atoms with E-state index in [1.807, 2.05) is 4.90 Å². The zero-order valence-electron chi connectivity index (χ0n) is 13.7. The Morgan fingerprint density at radius 2 is 1.83 bits per heavy atom. The first-order chi connectivity index (χ1) is 10.9. The third-order valence-corrected chi connectivity index (χ3v) is 6.17. The van der Waals surface area contributed by atoms with Crippen LogP contribution in [-0.4, -0.2) is 80.4 Å². The molecule has 0 aromatic heterocycles. The van der Waals surface area contributed by atoms with Gasteiger partial charge in [-0.1, -0.05) is 6.92 Å². The van der Waals surface area contributed by atoms with E-state index in [0.29, 0.717) is 13.1 Å². The molecule has 2 heterocycles. The molecule has 1 unspecified atom stereocenters. The first-order valence-corrected chi connectivity index (χ1v) is 10.1. The lowest BCUT2D eigenvalue weighted by Crippen LogP contribution is -2.46. The summed E-state index contributed by atoms with van der Waals surface area (Å²) < 4.78 is 27.8. The van der Waals surface area contributed by atoms with E-state index in [0.717, 1.165) is 32.2 Å². The monoisotopic (exact) mass is 346 g/mol. The Kier molecular flexibility index (Phi) is 6.41. The van der Waals surface area contributed by atoms with Gasteiger partial charge in [0.05, 0.1) is 18.1 Å². The average Bonchev–Trinajstić information content (AvgIpc) is 2.54. The van der Waals surface area contributed by atoms with Gasteiger partial charge in [0.25, 0.3) is 5.91 Å². The molecule has 0 aliphatic carbocycles. The van der Waals surface area contributed by atoms with Crippen molar-refractivity contribution in [3.8, 4) is 0 Å². The van der Waals surface area contributed by atoms with Gasteiger partial charge in [0, 0.05) is 25.7 Å². The van der Waals surface area contributed by atoms with Crippen LogP contribution in [0.5, 0.6) is 0 Å². The number of hydrogen-bond donors (Lipinski definition) is 0. The molecule has 2 fully saturated rings. The van der Waals surface area contributed by atoms with Gasteiger partial charge >= 0.3 is 5.97 Å². The van der Waals surface area contributed by atoms with Crippen molar-refractivity contribution < 1.29 is 22.7 Å². The fourth-order valence-electron chi connectivity index (χ4n) is 3.12. The summed E-state index contributed by atoms with van der Waals surface area (Å²) in [7, 11) is -2.96. The number of rotatable bonds is 5. The van der Waals surface area contributed by atoms with Crippen LogP contribution in [0.1, 0.15) is 32.6 Å². The zero-order chi connectivity index (χ0) is 16.9. The van der Waals surface area contributed by atoms with Crippen molar-refractivity contribution in [1.82, 2.24) is 9.80 Å². The largest absolute Gasteiger partial charge is 0.455 e. The molecule has 1 atom stereocenters. The van der Waals surface area contributed by atoms with Crippen LogP contribution in [0, 0.1) is 0 Å². The number of hydrogen-bond acceptors (Lipinski definition) is 6. The molecule has 0 spiro atoms. The number of likely N-dealkylation sites (tertiary alicyclic amines) is 1. The minimum absolute atomic E-state index is 0.0417. The number of piperidine rings is 1. The van der Waals surface area contributed by atoms with Crippen LogP contribution in [0.2, 0.25) is 0 Å². The Labute approximate surface area is 137 Å². The summed E-state index contributed by atoms with van der Waals surface area (Å²) in [4.78, 5) is 27.6. The molecule has 1 amide bonds. The van der Waals surface area contributed by atoms with Gasteiger partial charge in [-0.25, -0.2) is 8.42 Å². The van der Waals surface area contributed by atoms with Crippen molar-refractivity contribution in [2.24, 2.45) is 0 Å². The summed E-state index contributed by atoms with van der Waals surface area (Å²) in [6.07, 6.45) is 4.07. The summed E-state index contributed by atoms with van der Waals surface area (Å²) in [5.41, 5.74) is 0. The first-order valence-electron chi connectivity index (χ1n) is 8.29. The molecule has 2 rings (SSSR count). The van der Waals surface area contributed by atoms with E-state index in [9.17, 15) is 18.0 Å². The minimum Gasteiger partial charge on any atom is -0.455 e. The van der Waals surface area contributed by atoms with Crippen molar-refractivity contribution in [2.75, 3.05) is 44.3 Å². The number of esters is 1. The lowest BCUT2D eigenvalue weighted by atomic mass is 10.00. The van der Waals surface area contributed by atoms with Crippen molar-refractivity contribution in [3.63, 3.8) is 0 Å². The van der Waals surface area contributed by atoms with E-state index < -0.39 is 15.8 Å². The standard InChI is InChI=1S/C15H26N2O5S/c1-2-13-5-3-4-6-17(13)14(18)12-22-15(19)11-16-7-9-23(20,21)10-8-16/h13H,2-12H2,1H3. The average molecular weight is 346 g/mol. The first kappa shape index (κ1) is 18.2. The van der Waals surface area contributed by atoms with Crippen molar-refractivity contribution in [2.45, 2.75) is 38.6 Å². The lowest BCUT2D eigenvalue weighted by Gasteiger charge is -2.35. The summed E-state index contributed by atoms with van der Waals surface area (Å²) in [6.45, 7) is 3.30. The second-order valence-electron chi connectivity index (χ2n) is 6.23. The third kappa shape index (κ3) is 5.46. The van der Waals surface area contributed by atoms with Crippen LogP contribution >= 0.6 is 0 Å². The molecule has 0 aromatic rings. The summed E-state index contributed by atoms with van der Waals surface area (Å²) in [5.74, 6) is -0.454. The molecular formula is C15H26N2O5S. The normalized spacial score (nSPS) is 25.1. The van der Waals surface area contributed by atoms with Gasteiger partial charge in [-0.3, -0.25) is 14.5 Å². The van der Waals surface area contributed by atoms with Crippen LogP contribution in [-0.2, 0) is 24.2 Å². The Morgan fingerprint density at radius 1 is 1.13 bits per heavy atom. The van der Waals surface area contributed by atoms with Gasteiger partial charge in [0.2, 0.25) is 0 Å². The number of sulfone groups is 1. The molecule has 0 saturated carbocycles. The van der Waals surface area contributed by atoms with Gasteiger partial charge < -0.3 is 9.64 Å². The van der Waals surface area contributed by atoms with Crippen LogP contribution in [0.15, 0.2) is 0 Å². The fraction of sp³-hybridized carbons (Fsp3) is 0.867. The molecule has 132 valence electrons. The Bertz CT molecular complexity index is 520. The van der Waals surface area contributed by atoms with Crippen LogP contribution < -0.4 is 0 Å². The number of amides is 1. The van der Waals surface area contributed by atoms with Crippen molar-refractivity contribution in [1.29, 1.82) is 0 Å². The second kappa shape index (κ2) is 8.10. The van der Waals surface area contributed by atoms with Gasteiger partial charge in [-0.15, -0.1) is 0 Å². The highest BCUT2D eigenvalue weighted by Gasteiger charge is 2.27. The predicted molar refractivity (Wildman–Crippen MR) is 85.7 cm³/mol. The molecule has 0 aromatic carbocycles. The highest BCUT2D eigenvalue weighted by atomic mass is 32.2. The van der Waals surface area contributed by atoms with E-state index in [-0.39, 0.29) is 36.6 Å². The zero-order valence-corrected chi connectivity index (χ0v) is 14.5. The predicted octanol–water partition coefficient (Wildman–Crippen LogP) is 0.0511. The van der Waals surface area contributed by atoms with E-state index in [4.69, 9.17) is 4.74 Å². The summed E-state index contributed by atoms with van der Waals surface area (Å²) in [6, 6.07) is 0.252. The lowest BCUT2D eigenvalue weighted by molar-refractivity contribution is -0.154. The van der Waals surface area contributed by atoms with E-state index in [1.165, 1.54) is 0 Å². The molecule has 2 aliphatic heterocycles. The van der Waals surface area contributed by atoms with E-state index in [2.05, 4.69) is 6.92 Å². The number of nitrogens with zero attached hydrogens (tertiary/aromatic N) is 2. The highest BCUT2D eigenvalue weighted by molar-refractivity contribution is 7.91. The maximum Gasteiger partial charge on any atom is 0.320 e. The van der Waals surface area contributed by atoms with Crippen molar-refractivity contribution in [3.05, 3.63) is 0 Å². The summed E-state index contributed by atoms with van der Waals surface area (Å²) >= 11 is 0. The minimum atomic E-state index is -2.96. The maximum atomic E-state index is 12.2. The highest BCUT2D eigenvalue weighted by Crippen LogP contribution is 2.19. The van der Waals surface area contributed by atoms with Crippen LogP contribution in [0.25, 0.3) is 0 Å². The molecule has 23 heavy (non-hydrogen) atoms. The Balaban J connectivity index is 1.72. The van der Waals surface area contributed by atoms with Gasteiger partial charge in [-0.05, 0) is 25.7 Å². The molecule has 7 nitrogen and oxygen atoms in total. The molecule has 2 saturated heterocycles. The molecular weight excluding hydrogens is 320 g/mol. The van der Waals surface area contributed by atoms with E-state index in [1.54, 1.807) is 4.90 Å². The van der Waals surface area contributed by atoms with Gasteiger partial charge in [0.15, 0.2) is 16.4 Å². The van der Waals surface area contributed by atoms with Crippen molar-refractivity contribution >= 4 is 21.7 Å². The molecule has 0 bridgehead atoms. The number of carbonyl (C=O) groups excluding carboxylic acids is 2. The number of carbonyl (C=O) groups is 2. The van der Waals surface area contributed by atoms with Crippen LogP contribution in [0.4, 0.5) is 0 Å². The van der Waals surface area contributed by atoms with E-state index >= 15 is 0 Å². The summed E-state index contributed by atoms with van der Waals surface area (Å²) in [5, 5.41) is 0. The SMILES string of the molecule is CCC1CCCCN1C(=O)COC(=O)CN1CCS(=O)(=O)CC1. The molecule has 8 heteroatoms. The topological polar surface area (TPSA) is 84.0 Å². The smallest absolute Gasteiger partial charge is 0.320 e.